The van der Waals surface area contributed by atoms with E-state index in [1.54, 1.807) is 0 Å². The van der Waals surface area contributed by atoms with Gasteiger partial charge in [-0.3, -0.25) is 0 Å². The lowest BCUT2D eigenvalue weighted by Gasteiger charge is -2.20. The van der Waals surface area contributed by atoms with Crippen molar-refractivity contribution in [3.63, 3.8) is 0 Å². The van der Waals surface area contributed by atoms with Crippen molar-refractivity contribution in [1.29, 1.82) is 0 Å². The summed E-state index contributed by atoms with van der Waals surface area (Å²) in [7, 11) is 0. The van der Waals surface area contributed by atoms with Gasteiger partial charge >= 0.3 is 0 Å². The molecule has 3 nitrogen and oxygen atoms in total. The molecule has 0 aromatic carbocycles. The van der Waals surface area contributed by atoms with Gasteiger partial charge in [0, 0.05) is 12.1 Å². The average Bonchev–Trinajstić information content (AvgIpc) is 2.14. The Bertz CT molecular complexity index is 369. The number of rotatable bonds is 4. The first-order valence-electron chi connectivity index (χ1n) is 6.05. The zero-order valence-electron chi connectivity index (χ0n) is 11.3. The molecule has 0 aliphatic rings. The molecule has 1 aromatic rings. The van der Waals surface area contributed by atoms with Gasteiger partial charge in [0.25, 0.3) is 0 Å². The van der Waals surface area contributed by atoms with Gasteiger partial charge in [-0.15, -0.1) is 0 Å². The fourth-order valence-electron chi connectivity index (χ4n) is 1.58. The van der Waals surface area contributed by atoms with Gasteiger partial charge in [-0.2, -0.15) is 0 Å². The molecule has 1 heterocycles. The molecule has 1 aromatic heterocycles. The van der Waals surface area contributed by atoms with Crippen LogP contribution in [0.25, 0.3) is 0 Å². The lowest BCUT2D eigenvalue weighted by atomic mass is 9.92. The largest absolute Gasteiger partial charge is 0.370 e. The van der Waals surface area contributed by atoms with Crippen LogP contribution >= 0.6 is 11.6 Å². The van der Waals surface area contributed by atoms with E-state index < -0.39 is 0 Å². The highest BCUT2D eigenvalue weighted by Crippen LogP contribution is 2.28. The van der Waals surface area contributed by atoms with Crippen molar-refractivity contribution in [2.75, 3.05) is 11.9 Å². The van der Waals surface area contributed by atoms with Gasteiger partial charge in [0.2, 0.25) is 0 Å². The van der Waals surface area contributed by atoms with Crippen molar-refractivity contribution in [2.45, 2.75) is 47.0 Å². The first-order chi connectivity index (χ1) is 7.81. The minimum absolute atomic E-state index is 0.320. The van der Waals surface area contributed by atoms with Gasteiger partial charge in [0.15, 0.2) is 0 Å². The van der Waals surface area contributed by atoms with E-state index in [-0.39, 0.29) is 0 Å². The second kappa shape index (κ2) is 5.67. The number of halogens is 1. The predicted molar refractivity (Wildman–Crippen MR) is 73.7 cm³/mol. The quantitative estimate of drug-likeness (QED) is 0.823. The average molecular weight is 256 g/mol. The lowest BCUT2D eigenvalue weighted by molar-refractivity contribution is 0.389. The monoisotopic (exact) mass is 255 g/mol. The summed E-state index contributed by atoms with van der Waals surface area (Å²) in [5, 5.41) is 3.91. The van der Waals surface area contributed by atoms with E-state index >= 15 is 0 Å². The molecule has 0 amide bonds. The Morgan fingerprint density at radius 1 is 1.29 bits per heavy atom. The second-order valence-electron chi connectivity index (χ2n) is 5.82. The van der Waals surface area contributed by atoms with Gasteiger partial charge in [-0.25, -0.2) is 9.97 Å². The van der Waals surface area contributed by atoms with Crippen molar-refractivity contribution in [3.8, 4) is 0 Å². The standard InChI is InChI=1S/C13H22ClN3/c1-9(2)10-11(14)16-8-17-12(10)15-7-6-13(3,4)5/h8-9H,6-7H2,1-5H3,(H,15,16,17). The molecule has 0 aliphatic heterocycles. The van der Waals surface area contributed by atoms with Gasteiger partial charge in [0.05, 0.1) is 0 Å². The molecule has 17 heavy (non-hydrogen) atoms. The molecule has 0 aliphatic carbocycles. The highest BCUT2D eigenvalue weighted by molar-refractivity contribution is 6.30. The molecule has 4 heteroatoms. The van der Waals surface area contributed by atoms with Crippen molar-refractivity contribution in [2.24, 2.45) is 5.41 Å². The summed E-state index contributed by atoms with van der Waals surface area (Å²) >= 11 is 6.10. The highest BCUT2D eigenvalue weighted by atomic mass is 35.5. The summed E-state index contributed by atoms with van der Waals surface area (Å²) in [5.41, 5.74) is 1.32. The van der Waals surface area contributed by atoms with Crippen LogP contribution in [0.1, 0.15) is 52.5 Å². The zero-order chi connectivity index (χ0) is 13.1. The number of nitrogens with one attached hydrogen (secondary N) is 1. The van der Waals surface area contributed by atoms with Crippen LogP contribution in [-0.4, -0.2) is 16.5 Å². The van der Waals surface area contributed by atoms with Crippen LogP contribution in [0, 0.1) is 5.41 Å². The minimum Gasteiger partial charge on any atom is -0.370 e. The van der Waals surface area contributed by atoms with Crippen LogP contribution in [0.5, 0.6) is 0 Å². The van der Waals surface area contributed by atoms with E-state index in [0.29, 0.717) is 16.5 Å². The Hall–Kier alpha value is -0.830. The van der Waals surface area contributed by atoms with Crippen LogP contribution in [0.15, 0.2) is 6.33 Å². The first-order valence-corrected chi connectivity index (χ1v) is 6.43. The fourth-order valence-corrected chi connectivity index (χ4v) is 1.93. The van der Waals surface area contributed by atoms with Gasteiger partial charge in [-0.05, 0) is 17.8 Å². The molecular formula is C13H22ClN3. The molecule has 1 rings (SSSR count). The first kappa shape index (κ1) is 14.2. The summed E-state index contributed by atoms with van der Waals surface area (Å²) in [6.07, 6.45) is 2.60. The normalized spacial score (nSPS) is 11.9. The number of aromatic nitrogens is 2. The number of anilines is 1. The third-order valence-corrected chi connectivity index (χ3v) is 2.88. The molecule has 0 atom stereocenters. The summed E-state index contributed by atoms with van der Waals surface area (Å²) < 4.78 is 0. The molecule has 1 N–H and O–H groups in total. The van der Waals surface area contributed by atoms with Crippen molar-refractivity contribution < 1.29 is 0 Å². The van der Waals surface area contributed by atoms with Crippen molar-refractivity contribution in [1.82, 2.24) is 9.97 Å². The highest BCUT2D eigenvalue weighted by Gasteiger charge is 2.14. The molecule has 0 saturated carbocycles. The fraction of sp³-hybridized carbons (Fsp3) is 0.692. The van der Waals surface area contributed by atoms with Gasteiger partial charge < -0.3 is 5.32 Å². The topological polar surface area (TPSA) is 37.8 Å². The summed E-state index contributed by atoms with van der Waals surface area (Å²) in [4.78, 5) is 8.31. The lowest BCUT2D eigenvalue weighted by Crippen LogP contribution is -2.15. The Morgan fingerprint density at radius 3 is 2.47 bits per heavy atom. The van der Waals surface area contributed by atoms with Crippen LogP contribution in [0.2, 0.25) is 5.15 Å². The SMILES string of the molecule is CC(C)c1c(Cl)ncnc1NCCC(C)(C)C. The number of hydrogen-bond donors (Lipinski definition) is 1. The minimum atomic E-state index is 0.320. The molecule has 0 bridgehead atoms. The Morgan fingerprint density at radius 2 is 1.94 bits per heavy atom. The Balaban J connectivity index is 2.74. The molecule has 0 saturated heterocycles. The maximum Gasteiger partial charge on any atom is 0.138 e. The summed E-state index contributed by atoms with van der Waals surface area (Å²) in [6, 6.07) is 0. The third kappa shape index (κ3) is 4.50. The molecule has 0 unspecified atom stereocenters. The number of hydrogen-bond acceptors (Lipinski definition) is 3. The van der Waals surface area contributed by atoms with Crippen LogP contribution in [-0.2, 0) is 0 Å². The van der Waals surface area contributed by atoms with E-state index in [4.69, 9.17) is 11.6 Å². The maximum atomic E-state index is 6.10. The van der Waals surface area contributed by atoms with E-state index in [2.05, 4.69) is 49.9 Å². The smallest absolute Gasteiger partial charge is 0.138 e. The van der Waals surface area contributed by atoms with Crippen LogP contribution in [0.4, 0.5) is 5.82 Å². The van der Waals surface area contributed by atoms with E-state index in [1.807, 2.05) is 0 Å². The van der Waals surface area contributed by atoms with E-state index in [1.165, 1.54) is 6.33 Å². The van der Waals surface area contributed by atoms with Crippen molar-refractivity contribution >= 4 is 17.4 Å². The Labute approximate surface area is 109 Å². The van der Waals surface area contributed by atoms with Crippen LogP contribution < -0.4 is 5.32 Å². The predicted octanol–water partition coefficient (Wildman–Crippen LogP) is 4.10. The maximum absolute atomic E-state index is 6.10. The van der Waals surface area contributed by atoms with Crippen LogP contribution in [0.3, 0.4) is 0 Å². The van der Waals surface area contributed by atoms with Crippen molar-refractivity contribution in [3.05, 3.63) is 17.0 Å². The zero-order valence-corrected chi connectivity index (χ0v) is 12.1. The Kier molecular flexibility index (Phi) is 4.75. The summed E-state index contributed by atoms with van der Waals surface area (Å²) in [5.74, 6) is 1.19. The third-order valence-electron chi connectivity index (χ3n) is 2.58. The molecule has 0 radical (unpaired) electrons. The molecular weight excluding hydrogens is 234 g/mol. The second-order valence-corrected chi connectivity index (χ2v) is 6.18. The van der Waals surface area contributed by atoms with Gasteiger partial charge in [0.1, 0.15) is 17.3 Å². The molecule has 0 fully saturated rings. The van der Waals surface area contributed by atoms with Gasteiger partial charge in [-0.1, -0.05) is 46.2 Å². The van der Waals surface area contributed by atoms with E-state index in [9.17, 15) is 0 Å². The number of nitrogens with zero attached hydrogens (tertiary/aromatic N) is 2. The van der Waals surface area contributed by atoms with E-state index in [0.717, 1.165) is 24.3 Å². The molecule has 0 spiro atoms. The summed E-state index contributed by atoms with van der Waals surface area (Å²) in [6.45, 7) is 11.8. The molecule has 96 valence electrons.